The van der Waals surface area contributed by atoms with Gasteiger partial charge in [-0.2, -0.15) is 0 Å². The second kappa shape index (κ2) is 9.81. The molecule has 1 N–H and O–H groups in total. The van der Waals surface area contributed by atoms with Crippen LogP contribution in [0.2, 0.25) is 5.02 Å². The van der Waals surface area contributed by atoms with Crippen LogP contribution in [-0.2, 0) is 20.6 Å². The van der Waals surface area contributed by atoms with Gasteiger partial charge in [0, 0.05) is 23.7 Å². The molecule has 1 amide bonds. The highest BCUT2D eigenvalue weighted by Crippen LogP contribution is 2.26. The molecule has 0 bridgehead atoms. The number of methoxy groups -OCH3 is 1. The minimum atomic E-state index is -3.54. The topological polar surface area (TPSA) is 75.7 Å². The van der Waals surface area contributed by atoms with E-state index in [1.807, 2.05) is 31.2 Å². The molecule has 1 saturated heterocycles. The molecule has 162 valence electrons. The summed E-state index contributed by atoms with van der Waals surface area (Å²) in [7, 11) is -1.94. The Hall–Kier alpha value is -2.09. The monoisotopic (exact) mass is 450 g/mol. The number of halogens is 1. The molecule has 1 heterocycles. The van der Waals surface area contributed by atoms with E-state index in [-0.39, 0.29) is 30.2 Å². The highest BCUT2D eigenvalue weighted by Gasteiger charge is 2.33. The molecule has 2 atom stereocenters. The smallest absolute Gasteiger partial charge is 0.224 e. The van der Waals surface area contributed by atoms with E-state index in [4.69, 9.17) is 16.3 Å². The number of piperidine rings is 1. The van der Waals surface area contributed by atoms with Crippen molar-refractivity contribution in [1.82, 2.24) is 9.62 Å². The summed E-state index contributed by atoms with van der Waals surface area (Å²) >= 11 is 5.97. The van der Waals surface area contributed by atoms with Gasteiger partial charge in [0.1, 0.15) is 5.75 Å². The van der Waals surface area contributed by atoms with Crippen molar-refractivity contribution in [1.29, 1.82) is 0 Å². The summed E-state index contributed by atoms with van der Waals surface area (Å²) in [4.78, 5) is 12.9. The number of hydrogen-bond acceptors (Lipinski definition) is 4. The molecule has 3 rings (SSSR count). The number of carbonyl (C=O) groups is 1. The fraction of sp³-hybridized carbons (Fsp3) is 0.409. The van der Waals surface area contributed by atoms with Crippen LogP contribution in [0.3, 0.4) is 0 Å². The van der Waals surface area contributed by atoms with Gasteiger partial charge in [-0.25, -0.2) is 12.7 Å². The molecular formula is C22H27ClN2O4S. The zero-order chi connectivity index (χ0) is 21.7. The van der Waals surface area contributed by atoms with Crippen LogP contribution < -0.4 is 10.1 Å². The molecule has 2 aromatic rings. The molecule has 2 aromatic carbocycles. The van der Waals surface area contributed by atoms with E-state index in [2.05, 4.69) is 5.32 Å². The van der Waals surface area contributed by atoms with Crippen molar-refractivity contribution in [3.8, 4) is 5.75 Å². The SMILES string of the molecule is COc1ccccc1[C@H](C)NC(=O)[C@H]1CCCN(S(=O)(=O)Cc2cccc(Cl)c2)C1. The molecule has 1 fully saturated rings. The van der Waals surface area contributed by atoms with Gasteiger partial charge in [-0.3, -0.25) is 4.79 Å². The quantitative estimate of drug-likeness (QED) is 0.696. The first-order chi connectivity index (χ1) is 14.3. The van der Waals surface area contributed by atoms with Crippen molar-refractivity contribution in [2.24, 2.45) is 5.92 Å². The highest BCUT2D eigenvalue weighted by atomic mass is 35.5. The summed E-state index contributed by atoms with van der Waals surface area (Å²) in [6, 6.07) is 14.1. The van der Waals surface area contributed by atoms with Gasteiger partial charge < -0.3 is 10.1 Å². The van der Waals surface area contributed by atoms with E-state index in [0.29, 0.717) is 35.7 Å². The summed E-state index contributed by atoms with van der Waals surface area (Å²) < 4.78 is 32.6. The summed E-state index contributed by atoms with van der Waals surface area (Å²) in [5, 5.41) is 3.52. The van der Waals surface area contributed by atoms with Crippen LogP contribution in [0.15, 0.2) is 48.5 Å². The number of sulfonamides is 1. The number of nitrogens with one attached hydrogen (secondary N) is 1. The Bertz CT molecular complexity index is 996. The van der Waals surface area contributed by atoms with E-state index in [0.717, 1.165) is 5.56 Å². The second-order valence-electron chi connectivity index (χ2n) is 7.56. The van der Waals surface area contributed by atoms with Crippen LogP contribution in [0.1, 0.15) is 36.9 Å². The molecule has 0 radical (unpaired) electrons. The van der Waals surface area contributed by atoms with Crippen LogP contribution >= 0.6 is 11.6 Å². The molecule has 8 heteroatoms. The largest absolute Gasteiger partial charge is 0.496 e. The number of para-hydroxylation sites is 1. The number of amides is 1. The van der Waals surface area contributed by atoms with E-state index in [1.165, 1.54) is 4.31 Å². The third-order valence-electron chi connectivity index (χ3n) is 5.35. The summed E-state index contributed by atoms with van der Waals surface area (Å²) in [5.41, 5.74) is 1.52. The van der Waals surface area contributed by atoms with Gasteiger partial charge in [-0.1, -0.05) is 41.9 Å². The maximum Gasteiger partial charge on any atom is 0.224 e. The van der Waals surface area contributed by atoms with Crippen molar-refractivity contribution in [2.45, 2.75) is 31.6 Å². The van der Waals surface area contributed by atoms with Crippen LogP contribution in [0.4, 0.5) is 0 Å². The molecular weight excluding hydrogens is 424 g/mol. The summed E-state index contributed by atoms with van der Waals surface area (Å²) in [5.74, 6) is 0.0558. The Labute approximate surface area is 183 Å². The lowest BCUT2D eigenvalue weighted by atomic mass is 9.97. The molecule has 0 aliphatic carbocycles. The zero-order valence-corrected chi connectivity index (χ0v) is 18.7. The number of nitrogens with zero attached hydrogens (tertiary/aromatic N) is 1. The van der Waals surface area contributed by atoms with Crippen LogP contribution in [0.5, 0.6) is 5.75 Å². The van der Waals surface area contributed by atoms with E-state index in [9.17, 15) is 13.2 Å². The van der Waals surface area contributed by atoms with Crippen molar-refractivity contribution >= 4 is 27.5 Å². The van der Waals surface area contributed by atoms with Gasteiger partial charge in [0.15, 0.2) is 0 Å². The Balaban J connectivity index is 1.65. The normalized spacial score (nSPS) is 18.6. The average molecular weight is 451 g/mol. The Morgan fingerprint density at radius 2 is 2.03 bits per heavy atom. The fourth-order valence-electron chi connectivity index (χ4n) is 3.77. The lowest BCUT2D eigenvalue weighted by molar-refractivity contribution is -0.126. The number of ether oxygens (including phenoxy) is 1. The predicted molar refractivity (Wildman–Crippen MR) is 118 cm³/mol. The van der Waals surface area contributed by atoms with Crippen molar-refractivity contribution < 1.29 is 17.9 Å². The van der Waals surface area contributed by atoms with Crippen molar-refractivity contribution in [2.75, 3.05) is 20.2 Å². The van der Waals surface area contributed by atoms with Gasteiger partial charge in [0.2, 0.25) is 15.9 Å². The number of hydrogen-bond donors (Lipinski definition) is 1. The molecule has 0 unspecified atom stereocenters. The Morgan fingerprint density at radius 3 is 2.77 bits per heavy atom. The number of benzene rings is 2. The predicted octanol–water partition coefficient (Wildman–Crippen LogP) is 3.77. The van der Waals surface area contributed by atoms with Gasteiger partial charge in [0.05, 0.1) is 24.8 Å². The standard InChI is InChI=1S/C22H27ClN2O4S/c1-16(20-10-3-4-11-21(20)29-2)24-22(26)18-8-6-12-25(14-18)30(27,28)15-17-7-5-9-19(23)13-17/h3-5,7,9-11,13,16,18H,6,8,12,14-15H2,1-2H3,(H,24,26)/t16-,18-/m0/s1. The minimum Gasteiger partial charge on any atom is -0.496 e. The first kappa shape index (κ1) is 22.6. The minimum absolute atomic E-state index is 0.125. The first-order valence-corrected chi connectivity index (χ1v) is 11.9. The first-order valence-electron chi connectivity index (χ1n) is 9.95. The van der Waals surface area contributed by atoms with Crippen LogP contribution in [-0.4, -0.2) is 38.8 Å². The molecule has 0 saturated carbocycles. The van der Waals surface area contributed by atoms with Gasteiger partial charge in [0.25, 0.3) is 0 Å². The van der Waals surface area contributed by atoms with Crippen LogP contribution in [0.25, 0.3) is 0 Å². The van der Waals surface area contributed by atoms with Gasteiger partial charge in [-0.05, 0) is 43.5 Å². The Kier molecular flexibility index (Phi) is 7.39. The molecule has 1 aliphatic heterocycles. The molecule has 0 aromatic heterocycles. The highest BCUT2D eigenvalue weighted by molar-refractivity contribution is 7.88. The van der Waals surface area contributed by atoms with E-state index in [1.54, 1.807) is 31.4 Å². The molecule has 0 spiro atoms. The third-order valence-corrected chi connectivity index (χ3v) is 7.40. The maximum atomic E-state index is 12.9. The third kappa shape index (κ3) is 5.53. The fourth-order valence-corrected chi connectivity index (χ4v) is 5.58. The number of rotatable bonds is 7. The lowest BCUT2D eigenvalue weighted by Crippen LogP contribution is -2.46. The molecule has 30 heavy (non-hydrogen) atoms. The van der Waals surface area contributed by atoms with Crippen LogP contribution in [0, 0.1) is 5.92 Å². The molecule has 6 nitrogen and oxygen atoms in total. The molecule has 1 aliphatic rings. The second-order valence-corrected chi connectivity index (χ2v) is 9.96. The van der Waals surface area contributed by atoms with E-state index >= 15 is 0 Å². The zero-order valence-electron chi connectivity index (χ0n) is 17.2. The lowest BCUT2D eigenvalue weighted by Gasteiger charge is -2.32. The summed E-state index contributed by atoms with van der Waals surface area (Å²) in [6.45, 7) is 2.51. The van der Waals surface area contributed by atoms with Gasteiger partial charge in [-0.15, -0.1) is 0 Å². The average Bonchev–Trinajstić information content (AvgIpc) is 2.73. The van der Waals surface area contributed by atoms with E-state index < -0.39 is 10.0 Å². The maximum absolute atomic E-state index is 12.9. The van der Waals surface area contributed by atoms with Crippen molar-refractivity contribution in [3.63, 3.8) is 0 Å². The van der Waals surface area contributed by atoms with Gasteiger partial charge >= 0.3 is 0 Å². The number of carbonyl (C=O) groups excluding carboxylic acids is 1. The van der Waals surface area contributed by atoms with Crippen molar-refractivity contribution in [3.05, 3.63) is 64.7 Å². The Morgan fingerprint density at radius 1 is 1.27 bits per heavy atom. The summed E-state index contributed by atoms with van der Waals surface area (Å²) in [6.07, 6.45) is 1.31.